The van der Waals surface area contributed by atoms with Crippen molar-refractivity contribution < 1.29 is 23.4 Å². The van der Waals surface area contributed by atoms with Gasteiger partial charge in [0.05, 0.1) is 19.1 Å². The summed E-state index contributed by atoms with van der Waals surface area (Å²) in [7, 11) is 1.64. The smallest absolute Gasteiger partial charge is 0.310 e. The van der Waals surface area contributed by atoms with Gasteiger partial charge in [-0.3, -0.25) is 4.79 Å². The molecule has 0 N–H and O–H groups in total. The summed E-state index contributed by atoms with van der Waals surface area (Å²) in [5.74, 6) is -0.620. The van der Waals surface area contributed by atoms with Gasteiger partial charge in [-0.1, -0.05) is 6.07 Å². The summed E-state index contributed by atoms with van der Waals surface area (Å²) in [5, 5.41) is 0. The first-order chi connectivity index (χ1) is 10.8. The number of methoxy groups -OCH3 is 1. The van der Waals surface area contributed by atoms with E-state index in [2.05, 4.69) is 0 Å². The Balaban J connectivity index is 2.24. The molecule has 0 saturated carbocycles. The minimum Gasteiger partial charge on any atom is -0.460 e. The Morgan fingerprint density at radius 3 is 2.78 bits per heavy atom. The van der Waals surface area contributed by atoms with E-state index in [1.807, 2.05) is 20.8 Å². The maximum Gasteiger partial charge on any atom is 0.310 e. The van der Waals surface area contributed by atoms with E-state index in [0.717, 1.165) is 12.0 Å². The van der Waals surface area contributed by atoms with Gasteiger partial charge in [0.1, 0.15) is 11.4 Å². The van der Waals surface area contributed by atoms with E-state index in [9.17, 15) is 9.18 Å². The highest BCUT2D eigenvalue weighted by molar-refractivity contribution is 5.73. The molecule has 1 aliphatic rings. The van der Waals surface area contributed by atoms with Gasteiger partial charge in [0, 0.05) is 19.6 Å². The highest BCUT2D eigenvalue weighted by atomic mass is 19.1. The maximum absolute atomic E-state index is 13.7. The Labute approximate surface area is 136 Å². The molecular weight excluding hydrogens is 299 g/mol. The monoisotopic (exact) mass is 324 g/mol. The fraction of sp³-hybridized carbons (Fsp3) is 0.611. The second-order valence-corrected chi connectivity index (χ2v) is 6.85. The Morgan fingerprint density at radius 1 is 1.39 bits per heavy atom. The molecule has 1 aliphatic heterocycles. The Hall–Kier alpha value is -1.46. The standard InChI is InChI=1S/C18H25FO4/c1-18(2,3)23-17(20)10-12-9-13(19)5-6-14(12)15-7-8-22-11-16(15)21-4/h5-6,9,15-16H,7-8,10-11H2,1-4H3. The number of hydrogen-bond acceptors (Lipinski definition) is 4. The van der Waals surface area contributed by atoms with Crippen LogP contribution in [0.3, 0.4) is 0 Å². The van der Waals surface area contributed by atoms with E-state index < -0.39 is 5.60 Å². The van der Waals surface area contributed by atoms with Gasteiger partial charge >= 0.3 is 5.97 Å². The topological polar surface area (TPSA) is 44.8 Å². The summed E-state index contributed by atoms with van der Waals surface area (Å²) in [4.78, 5) is 12.1. The normalized spacial score (nSPS) is 22.0. The fourth-order valence-corrected chi connectivity index (χ4v) is 2.92. The molecule has 4 nitrogen and oxygen atoms in total. The predicted octanol–water partition coefficient (Wildman–Crippen LogP) is 3.23. The van der Waals surface area contributed by atoms with Gasteiger partial charge in [-0.2, -0.15) is 0 Å². The molecule has 0 radical (unpaired) electrons. The van der Waals surface area contributed by atoms with Crippen molar-refractivity contribution in [1.82, 2.24) is 0 Å². The number of rotatable bonds is 4. The van der Waals surface area contributed by atoms with E-state index >= 15 is 0 Å². The zero-order valence-corrected chi connectivity index (χ0v) is 14.2. The molecule has 1 fully saturated rings. The van der Waals surface area contributed by atoms with Gasteiger partial charge in [0.15, 0.2) is 0 Å². The van der Waals surface area contributed by atoms with Crippen LogP contribution in [0.1, 0.15) is 44.2 Å². The number of ether oxygens (including phenoxy) is 3. The minimum absolute atomic E-state index is 0.0537. The number of carbonyl (C=O) groups is 1. The number of hydrogen-bond donors (Lipinski definition) is 0. The summed E-state index contributed by atoms with van der Waals surface area (Å²) >= 11 is 0. The number of carbonyl (C=O) groups excluding carboxylic acids is 1. The van der Waals surface area contributed by atoms with Gasteiger partial charge in [-0.15, -0.1) is 0 Å². The lowest BCUT2D eigenvalue weighted by Crippen LogP contribution is -2.33. The summed E-state index contributed by atoms with van der Waals surface area (Å²) in [6.45, 7) is 6.59. The van der Waals surface area contributed by atoms with E-state index in [-0.39, 0.29) is 30.2 Å². The lowest BCUT2D eigenvalue weighted by atomic mass is 9.85. The van der Waals surface area contributed by atoms with Crippen molar-refractivity contribution in [1.29, 1.82) is 0 Å². The molecule has 0 bridgehead atoms. The van der Waals surface area contributed by atoms with Crippen LogP contribution in [-0.4, -0.2) is 38.0 Å². The minimum atomic E-state index is -0.557. The molecular formula is C18H25FO4. The zero-order chi connectivity index (χ0) is 17.0. The molecule has 128 valence electrons. The van der Waals surface area contributed by atoms with Crippen LogP contribution < -0.4 is 0 Å². The van der Waals surface area contributed by atoms with Crippen LogP contribution in [-0.2, 0) is 25.4 Å². The first-order valence-corrected chi connectivity index (χ1v) is 7.91. The average molecular weight is 324 g/mol. The quantitative estimate of drug-likeness (QED) is 0.798. The van der Waals surface area contributed by atoms with Crippen LogP contribution in [0.4, 0.5) is 4.39 Å². The van der Waals surface area contributed by atoms with Crippen molar-refractivity contribution >= 4 is 5.97 Å². The van der Waals surface area contributed by atoms with E-state index in [0.29, 0.717) is 18.8 Å². The largest absolute Gasteiger partial charge is 0.460 e. The Morgan fingerprint density at radius 2 is 2.13 bits per heavy atom. The first-order valence-electron chi connectivity index (χ1n) is 7.91. The molecule has 2 atom stereocenters. The van der Waals surface area contributed by atoms with Crippen LogP contribution in [0, 0.1) is 5.82 Å². The Bertz CT molecular complexity index is 550. The second-order valence-electron chi connectivity index (χ2n) is 6.85. The van der Waals surface area contributed by atoms with Crippen LogP contribution in [0.15, 0.2) is 18.2 Å². The van der Waals surface area contributed by atoms with Crippen molar-refractivity contribution in [3.63, 3.8) is 0 Å². The van der Waals surface area contributed by atoms with Crippen molar-refractivity contribution in [3.05, 3.63) is 35.1 Å². The highest BCUT2D eigenvalue weighted by Gasteiger charge is 2.29. The molecule has 0 spiro atoms. The second kappa shape index (κ2) is 7.41. The molecule has 2 rings (SSSR count). The van der Waals surface area contributed by atoms with Gasteiger partial charge in [-0.05, 0) is 50.5 Å². The SMILES string of the molecule is COC1COCCC1c1ccc(F)cc1CC(=O)OC(C)(C)C. The molecule has 1 aromatic carbocycles. The van der Waals surface area contributed by atoms with E-state index in [1.165, 1.54) is 12.1 Å². The molecule has 0 amide bonds. The van der Waals surface area contributed by atoms with Gasteiger partial charge < -0.3 is 14.2 Å². The van der Waals surface area contributed by atoms with E-state index in [1.54, 1.807) is 13.2 Å². The third-order valence-electron chi connectivity index (χ3n) is 3.87. The summed E-state index contributed by atoms with van der Waals surface area (Å²) in [5.41, 5.74) is 1.04. The van der Waals surface area contributed by atoms with Gasteiger partial charge in [0.25, 0.3) is 0 Å². The van der Waals surface area contributed by atoms with Gasteiger partial charge in [0.2, 0.25) is 0 Å². The van der Waals surface area contributed by atoms with Crippen molar-refractivity contribution in [2.45, 2.75) is 51.2 Å². The molecule has 1 heterocycles. The number of benzene rings is 1. The number of esters is 1. The summed E-state index contributed by atoms with van der Waals surface area (Å²) in [6.07, 6.45) is 0.746. The van der Waals surface area contributed by atoms with Crippen LogP contribution >= 0.6 is 0 Å². The van der Waals surface area contributed by atoms with E-state index in [4.69, 9.17) is 14.2 Å². The molecule has 1 aromatic rings. The fourth-order valence-electron chi connectivity index (χ4n) is 2.92. The van der Waals surface area contributed by atoms with Gasteiger partial charge in [-0.25, -0.2) is 4.39 Å². The van der Waals surface area contributed by atoms with Crippen LogP contribution in [0.25, 0.3) is 0 Å². The lowest BCUT2D eigenvalue weighted by Gasteiger charge is -2.32. The molecule has 2 unspecified atom stereocenters. The highest BCUT2D eigenvalue weighted by Crippen LogP contribution is 2.32. The third kappa shape index (κ3) is 5.01. The van der Waals surface area contributed by atoms with Crippen molar-refractivity contribution in [2.24, 2.45) is 0 Å². The third-order valence-corrected chi connectivity index (χ3v) is 3.87. The molecule has 0 aliphatic carbocycles. The maximum atomic E-state index is 13.7. The summed E-state index contributed by atoms with van der Waals surface area (Å²) < 4.78 is 30.0. The zero-order valence-electron chi connectivity index (χ0n) is 14.2. The molecule has 0 aromatic heterocycles. The first kappa shape index (κ1) is 17.9. The number of halogens is 1. The lowest BCUT2D eigenvalue weighted by molar-refractivity contribution is -0.153. The molecule has 23 heavy (non-hydrogen) atoms. The summed E-state index contributed by atoms with van der Waals surface area (Å²) in [6, 6.07) is 4.59. The molecule has 5 heteroatoms. The average Bonchev–Trinajstić information content (AvgIpc) is 2.45. The van der Waals surface area contributed by atoms with Crippen molar-refractivity contribution in [2.75, 3.05) is 20.3 Å². The van der Waals surface area contributed by atoms with Crippen molar-refractivity contribution in [3.8, 4) is 0 Å². The molecule has 1 saturated heterocycles. The van der Waals surface area contributed by atoms with Crippen LogP contribution in [0.5, 0.6) is 0 Å². The van der Waals surface area contributed by atoms with Crippen LogP contribution in [0.2, 0.25) is 0 Å². The predicted molar refractivity (Wildman–Crippen MR) is 84.9 cm³/mol. The Kier molecular flexibility index (Phi) is 5.76.